The van der Waals surface area contributed by atoms with Gasteiger partial charge in [-0.05, 0) is 31.6 Å². The van der Waals surface area contributed by atoms with Gasteiger partial charge in [0.2, 0.25) is 0 Å². The minimum atomic E-state index is -0.382. The molecule has 0 atom stereocenters. The molecule has 0 bridgehead atoms. The fraction of sp³-hybridized carbons (Fsp3) is 0.750. The van der Waals surface area contributed by atoms with Crippen molar-refractivity contribution >= 4 is 5.97 Å². The average molecular weight is 213 g/mol. The van der Waals surface area contributed by atoms with Gasteiger partial charge in [-0.15, -0.1) is 0 Å². The van der Waals surface area contributed by atoms with Crippen LogP contribution in [0.15, 0.2) is 12.2 Å². The van der Waals surface area contributed by atoms with E-state index in [4.69, 9.17) is 4.84 Å². The molecule has 0 radical (unpaired) electrons. The molecule has 0 heterocycles. The highest BCUT2D eigenvalue weighted by molar-refractivity contribution is 5.86. The zero-order chi connectivity index (χ0) is 11.9. The number of hydrogen-bond acceptors (Lipinski definition) is 3. The van der Waals surface area contributed by atoms with E-state index in [1.807, 2.05) is 0 Å². The molecule has 3 nitrogen and oxygen atoms in total. The van der Waals surface area contributed by atoms with Crippen LogP contribution in [-0.2, 0) is 9.63 Å². The summed E-state index contributed by atoms with van der Waals surface area (Å²) in [7, 11) is 0. The molecule has 0 unspecified atom stereocenters. The molecule has 0 fully saturated rings. The molecule has 0 aromatic heterocycles. The highest BCUT2D eigenvalue weighted by atomic mass is 16.7. The molecule has 15 heavy (non-hydrogen) atoms. The van der Waals surface area contributed by atoms with Crippen molar-refractivity contribution in [3.63, 3.8) is 0 Å². The van der Waals surface area contributed by atoms with E-state index in [9.17, 15) is 4.79 Å². The molecule has 0 aromatic carbocycles. The standard InChI is InChI=1S/C12H23NO2/c1-6-12(7-2,8-3)9-13-15-11(14)10(4)5/h13H,4,6-9H2,1-3,5H3. The number of carbonyl (C=O) groups excluding carboxylic acids is 1. The quantitative estimate of drug-likeness (QED) is 0.522. The average Bonchev–Trinajstić information content (AvgIpc) is 2.24. The predicted octanol–water partition coefficient (Wildman–Crippen LogP) is 2.83. The number of hydroxylamine groups is 1. The van der Waals surface area contributed by atoms with E-state index in [0.717, 1.165) is 19.3 Å². The van der Waals surface area contributed by atoms with Gasteiger partial charge in [0, 0.05) is 12.1 Å². The zero-order valence-electron chi connectivity index (χ0n) is 10.4. The molecule has 0 aliphatic carbocycles. The topological polar surface area (TPSA) is 38.3 Å². The SMILES string of the molecule is C=C(C)C(=O)ONCC(CC)(CC)CC. The second-order valence-corrected chi connectivity index (χ2v) is 4.05. The third-order valence-electron chi connectivity index (χ3n) is 3.21. The first kappa shape index (κ1) is 14.2. The van der Waals surface area contributed by atoms with Crippen molar-refractivity contribution in [1.29, 1.82) is 0 Å². The van der Waals surface area contributed by atoms with Gasteiger partial charge in [0.15, 0.2) is 0 Å². The Morgan fingerprint density at radius 2 is 1.73 bits per heavy atom. The van der Waals surface area contributed by atoms with Gasteiger partial charge in [-0.25, -0.2) is 4.79 Å². The molecule has 0 aliphatic rings. The molecule has 0 aliphatic heterocycles. The summed E-state index contributed by atoms with van der Waals surface area (Å²) in [4.78, 5) is 16.0. The summed E-state index contributed by atoms with van der Waals surface area (Å²) in [6.07, 6.45) is 3.24. The van der Waals surface area contributed by atoms with Gasteiger partial charge in [-0.3, -0.25) is 0 Å². The maximum absolute atomic E-state index is 11.1. The Kier molecular flexibility index (Phi) is 6.25. The summed E-state index contributed by atoms with van der Waals surface area (Å²) >= 11 is 0. The highest BCUT2D eigenvalue weighted by Crippen LogP contribution is 2.29. The van der Waals surface area contributed by atoms with Crippen molar-refractivity contribution in [2.24, 2.45) is 5.41 Å². The van der Waals surface area contributed by atoms with Crippen LogP contribution in [0.1, 0.15) is 47.0 Å². The molecule has 0 aromatic rings. The summed E-state index contributed by atoms with van der Waals surface area (Å²) in [6.45, 7) is 12.3. The Bertz CT molecular complexity index is 211. The van der Waals surface area contributed by atoms with Crippen LogP contribution < -0.4 is 5.48 Å². The number of hydrogen-bond donors (Lipinski definition) is 1. The summed E-state index contributed by atoms with van der Waals surface area (Å²) in [5.74, 6) is -0.382. The maximum Gasteiger partial charge on any atom is 0.351 e. The van der Waals surface area contributed by atoms with Crippen LogP contribution in [0.4, 0.5) is 0 Å². The Morgan fingerprint density at radius 3 is 2.07 bits per heavy atom. The van der Waals surface area contributed by atoms with Crippen molar-refractivity contribution < 1.29 is 9.63 Å². The van der Waals surface area contributed by atoms with Crippen molar-refractivity contribution in [1.82, 2.24) is 5.48 Å². The molecule has 3 heteroatoms. The Hall–Kier alpha value is -0.830. The Balaban J connectivity index is 4.02. The fourth-order valence-corrected chi connectivity index (χ4v) is 1.47. The summed E-state index contributed by atoms with van der Waals surface area (Å²) in [5.41, 5.74) is 3.40. The first-order chi connectivity index (χ1) is 7.01. The number of rotatable bonds is 7. The van der Waals surface area contributed by atoms with Gasteiger partial charge < -0.3 is 4.84 Å². The molecule has 88 valence electrons. The lowest BCUT2D eigenvalue weighted by Gasteiger charge is -2.30. The van der Waals surface area contributed by atoms with Gasteiger partial charge in [0.1, 0.15) is 0 Å². The molecule has 1 N–H and O–H groups in total. The summed E-state index contributed by atoms with van der Waals surface area (Å²) < 4.78 is 0. The molecule has 0 spiro atoms. The normalized spacial score (nSPS) is 11.2. The molecule has 0 saturated carbocycles. The monoisotopic (exact) mass is 213 g/mol. The van der Waals surface area contributed by atoms with E-state index in [2.05, 4.69) is 32.8 Å². The van der Waals surface area contributed by atoms with E-state index in [0.29, 0.717) is 12.1 Å². The lowest BCUT2D eigenvalue weighted by atomic mass is 9.80. The second kappa shape index (κ2) is 6.62. The number of carbonyl (C=O) groups is 1. The van der Waals surface area contributed by atoms with Crippen LogP contribution in [0.3, 0.4) is 0 Å². The Labute approximate surface area is 92.8 Å². The first-order valence-corrected chi connectivity index (χ1v) is 5.61. The zero-order valence-corrected chi connectivity index (χ0v) is 10.4. The van der Waals surface area contributed by atoms with Crippen LogP contribution >= 0.6 is 0 Å². The van der Waals surface area contributed by atoms with Crippen LogP contribution in [-0.4, -0.2) is 12.5 Å². The van der Waals surface area contributed by atoms with Gasteiger partial charge in [-0.2, -0.15) is 5.48 Å². The fourth-order valence-electron chi connectivity index (χ4n) is 1.47. The van der Waals surface area contributed by atoms with E-state index < -0.39 is 0 Å². The third-order valence-corrected chi connectivity index (χ3v) is 3.21. The summed E-state index contributed by atoms with van der Waals surface area (Å²) in [5, 5.41) is 0. The summed E-state index contributed by atoms with van der Waals surface area (Å²) in [6, 6.07) is 0. The lowest BCUT2D eigenvalue weighted by Crippen LogP contribution is -2.34. The molecule has 0 saturated heterocycles. The van der Waals surface area contributed by atoms with Crippen molar-refractivity contribution in [2.75, 3.05) is 6.54 Å². The minimum absolute atomic E-state index is 0.232. The Morgan fingerprint density at radius 1 is 1.27 bits per heavy atom. The van der Waals surface area contributed by atoms with Crippen LogP contribution in [0.2, 0.25) is 0 Å². The van der Waals surface area contributed by atoms with Crippen LogP contribution in [0.25, 0.3) is 0 Å². The minimum Gasteiger partial charge on any atom is -0.367 e. The predicted molar refractivity (Wildman–Crippen MR) is 62.2 cm³/mol. The van der Waals surface area contributed by atoms with E-state index in [-0.39, 0.29) is 11.4 Å². The van der Waals surface area contributed by atoms with E-state index in [1.54, 1.807) is 6.92 Å². The van der Waals surface area contributed by atoms with Crippen molar-refractivity contribution in [3.8, 4) is 0 Å². The third kappa shape index (κ3) is 4.47. The highest BCUT2D eigenvalue weighted by Gasteiger charge is 2.24. The van der Waals surface area contributed by atoms with Gasteiger partial charge in [0.05, 0.1) is 0 Å². The van der Waals surface area contributed by atoms with Crippen LogP contribution in [0, 0.1) is 5.41 Å². The molecular weight excluding hydrogens is 190 g/mol. The lowest BCUT2D eigenvalue weighted by molar-refractivity contribution is -0.147. The van der Waals surface area contributed by atoms with Crippen molar-refractivity contribution in [3.05, 3.63) is 12.2 Å². The molecule has 0 amide bonds. The van der Waals surface area contributed by atoms with E-state index >= 15 is 0 Å². The van der Waals surface area contributed by atoms with Crippen molar-refractivity contribution in [2.45, 2.75) is 47.0 Å². The second-order valence-electron chi connectivity index (χ2n) is 4.05. The smallest absolute Gasteiger partial charge is 0.351 e. The van der Waals surface area contributed by atoms with Gasteiger partial charge in [0.25, 0.3) is 0 Å². The van der Waals surface area contributed by atoms with Crippen LogP contribution in [0.5, 0.6) is 0 Å². The first-order valence-electron chi connectivity index (χ1n) is 5.61. The van der Waals surface area contributed by atoms with Gasteiger partial charge in [-0.1, -0.05) is 27.4 Å². The maximum atomic E-state index is 11.1. The largest absolute Gasteiger partial charge is 0.367 e. The van der Waals surface area contributed by atoms with E-state index in [1.165, 1.54) is 0 Å². The molecular formula is C12H23NO2. The number of nitrogens with one attached hydrogen (secondary N) is 1. The van der Waals surface area contributed by atoms with Gasteiger partial charge >= 0.3 is 5.97 Å². The molecule has 0 rings (SSSR count).